The standard InChI is InChI=1S/C13H25NO3/c1-3-4-7-12(13(15)16-2)14-9-8-11-6-5-10-17-11/h11-12,14H,3-10H2,1-2H3. The second-order valence-corrected chi connectivity index (χ2v) is 4.60. The van der Waals surface area contributed by atoms with Crippen molar-refractivity contribution in [3.8, 4) is 0 Å². The molecule has 100 valence electrons. The van der Waals surface area contributed by atoms with Crippen molar-refractivity contribution in [2.24, 2.45) is 0 Å². The molecular weight excluding hydrogens is 218 g/mol. The van der Waals surface area contributed by atoms with Crippen molar-refractivity contribution in [2.75, 3.05) is 20.3 Å². The average molecular weight is 243 g/mol. The molecule has 1 heterocycles. The van der Waals surface area contributed by atoms with Gasteiger partial charge in [-0.3, -0.25) is 4.79 Å². The SMILES string of the molecule is CCCCC(NCCC1CCCO1)C(=O)OC. The number of carbonyl (C=O) groups is 1. The molecule has 0 aliphatic carbocycles. The van der Waals surface area contributed by atoms with E-state index in [0.717, 1.165) is 45.3 Å². The van der Waals surface area contributed by atoms with Crippen LogP contribution in [0.1, 0.15) is 45.4 Å². The van der Waals surface area contributed by atoms with Crippen molar-refractivity contribution in [3.63, 3.8) is 0 Å². The Kier molecular flexibility index (Phi) is 7.21. The van der Waals surface area contributed by atoms with E-state index in [1.807, 2.05) is 0 Å². The molecule has 0 bridgehead atoms. The van der Waals surface area contributed by atoms with Crippen molar-refractivity contribution < 1.29 is 14.3 Å². The zero-order valence-corrected chi connectivity index (χ0v) is 11.0. The fourth-order valence-corrected chi connectivity index (χ4v) is 2.14. The molecule has 0 aromatic carbocycles. The number of methoxy groups -OCH3 is 1. The molecular formula is C13H25NO3. The molecule has 1 aliphatic heterocycles. The Morgan fingerprint density at radius 3 is 3.00 bits per heavy atom. The molecule has 1 aliphatic rings. The van der Waals surface area contributed by atoms with E-state index < -0.39 is 0 Å². The molecule has 0 radical (unpaired) electrons. The largest absolute Gasteiger partial charge is 0.468 e. The lowest BCUT2D eigenvalue weighted by Crippen LogP contribution is -2.39. The molecule has 4 heteroatoms. The van der Waals surface area contributed by atoms with Crippen LogP contribution in [0.3, 0.4) is 0 Å². The highest BCUT2D eigenvalue weighted by atomic mass is 16.5. The van der Waals surface area contributed by atoms with Crippen LogP contribution in [-0.2, 0) is 14.3 Å². The van der Waals surface area contributed by atoms with Crippen molar-refractivity contribution in [3.05, 3.63) is 0 Å². The Morgan fingerprint density at radius 1 is 1.59 bits per heavy atom. The van der Waals surface area contributed by atoms with E-state index in [1.165, 1.54) is 13.5 Å². The number of carbonyl (C=O) groups excluding carboxylic acids is 1. The fraction of sp³-hybridized carbons (Fsp3) is 0.923. The molecule has 1 N–H and O–H groups in total. The Labute approximate surface area is 104 Å². The number of ether oxygens (including phenoxy) is 2. The van der Waals surface area contributed by atoms with Crippen LogP contribution in [0.5, 0.6) is 0 Å². The van der Waals surface area contributed by atoms with E-state index in [2.05, 4.69) is 12.2 Å². The smallest absolute Gasteiger partial charge is 0.322 e. The Bertz CT molecular complexity index is 215. The molecule has 0 aromatic rings. The summed E-state index contributed by atoms with van der Waals surface area (Å²) in [6.07, 6.45) is 6.69. The van der Waals surface area contributed by atoms with E-state index in [4.69, 9.17) is 9.47 Å². The lowest BCUT2D eigenvalue weighted by atomic mass is 10.1. The van der Waals surface area contributed by atoms with Crippen LogP contribution in [0.2, 0.25) is 0 Å². The molecule has 0 amide bonds. The zero-order valence-electron chi connectivity index (χ0n) is 11.0. The first-order chi connectivity index (χ1) is 8.27. The monoisotopic (exact) mass is 243 g/mol. The number of unbranched alkanes of at least 4 members (excludes halogenated alkanes) is 1. The number of hydrogen-bond acceptors (Lipinski definition) is 4. The van der Waals surface area contributed by atoms with Gasteiger partial charge in [0.25, 0.3) is 0 Å². The molecule has 1 saturated heterocycles. The molecule has 0 aromatic heterocycles. The van der Waals surface area contributed by atoms with E-state index >= 15 is 0 Å². The molecule has 2 atom stereocenters. The molecule has 1 rings (SSSR count). The number of rotatable bonds is 8. The quantitative estimate of drug-likeness (QED) is 0.661. The summed E-state index contributed by atoms with van der Waals surface area (Å²) in [6, 6.07) is -0.152. The van der Waals surface area contributed by atoms with Crippen LogP contribution in [0.25, 0.3) is 0 Å². The maximum atomic E-state index is 11.5. The van der Waals surface area contributed by atoms with Crippen LogP contribution in [0.15, 0.2) is 0 Å². The van der Waals surface area contributed by atoms with Crippen molar-refractivity contribution in [1.82, 2.24) is 5.32 Å². The molecule has 2 unspecified atom stereocenters. The van der Waals surface area contributed by atoms with Crippen LogP contribution < -0.4 is 5.32 Å². The maximum Gasteiger partial charge on any atom is 0.322 e. The summed E-state index contributed by atoms with van der Waals surface area (Å²) < 4.78 is 10.3. The van der Waals surface area contributed by atoms with Gasteiger partial charge in [0.15, 0.2) is 0 Å². The van der Waals surface area contributed by atoms with E-state index in [0.29, 0.717) is 6.10 Å². The Balaban J connectivity index is 2.19. The predicted octanol–water partition coefficient (Wildman–Crippen LogP) is 1.88. The highest BCUT2D eigenvalue weighted by Gasteiger charge is 2.19. The first-order valence-electron chi connectivity index (χ1n) is 6.70. The highest BCUT2D eigenvalue weighted by Crippen LogP contribution is 2.14. The fourth-order valence-electron chi connectivity index (χ4n) is 2.14. The van der Waals surface area contributed by atoms with Gasteiger partial charge in [-0.15, -0.1) is 0 Å². The van der Waals surface area contributed by atoms with Crippen LogP contribution in [0, 0.1) is 0 Å². The normalized spacial score (nSPS) is 21.4. The topological polar surface area (TPSA) is 47.6 Å². The first kappa shape index (κ1) is 14.5. The lowest BCUT2D eigenvalue weighted by Gasteiger charge is -2.17. The third-order valence-electron chi connectivity index (χ3n) is 3.21. The van der Waals surface area contributed by atoms with Gasteiger partial charge in [0, 0.05) is 6.61 Å². The number of hydrogen-bond donors (Lipinski definition) is 1. The van der Waals surface area contributed by atoms with E-state index in [-0.39, 0.29) is 12.0 Å². The van der Waals surface area contributed by atoms with Gasteiger partial charge in [0.2, 0.25) is 0 Å². The van der Waals surface area contributed by atoms with Gasteiger partial charge in [-0.25, -0.2) is 0 Å². The Hall–Kier alpha value is -0.610. The second-order valence-electron chi connectivity index (χ2n) is 4.60. The minimum Gasteiger partial charge on any atom is -0.468 e. The van der Waals surface area contributed by atoms with E-state index in [9.17, 15) is 4.79 Å². The second kappa shape index (κ2) is 8.48. The number of nitrogens with one attached hydrogen (secondary N) is 1. The zero-order chi connectivity index (χ0) is 12.5. The van der Waals surface area contributed by atoms with Crippen molar-refractivity contribution in [1.29, 1.82) is 0 Å². The Morgan fingerprint density at radius 2 is 2.41 bits per heavy atom. The summed E-state index contributed by atoms with van der Waals surface area (Å²) in [6.45, 7) is 3.84. The average Bonchev–Trinajstić information content (AvgIpc) is 2.85. The summed E-state index contributed by atoms with van der Waals surface area (Å²) in [5.74, 6) is -0.147. The summed E-state index contributed by atoms with van der Waals surface area (Å²) in [7, 11) is 1.45. The van der Waals surface area contributed by atoms with Gasteiger partial charge in [0.05, 0.1) is 13.2 Å². The lowest BCUT2D eigenvalue weighted by molar-refractivity contribution is -0.143. The van der Waals surface area contributed by atoms with Crippen molar-refractivity contribution in [2.45, 2.75) is 57.6 Å². The summed E-state index contributed by atoms with van der Waals surface area (Å²) in [5, 5.41) is 3.28. The summed E-state index contributed by atoms with van der Waals surface area (Å²) in [5.41, 5.74) is 0. The molecule has 4 nitrogen and oxygen atoms in total. The summed E-state index contributed by atoms with van der Waals surface area (Å²) in [4.78, 5) is 11.5. The molecule has 1 fully saturated rings. The molecule has 17 heavy (non-hydrogen) atoms. The maximum absolute atomic E-state index is 11.5. The molecule has 0 saturated carbocycles. The minimum atomic E-state index is -0.152. The third kappa shape index (κ3) is 5.50. The molecule has 0 spiro atoms. The predicted molar refractivity (Wildman–Crippen MR) is 66.9 cm³/mol. The van der Waals surface area contributed by atoms with Gasteiger partial charge >= 0.3 is 5.97 Å². The van der Waals surface area contributed by atoms with Crippen molar-refractivity contribution >= 4 is 5.97 Å². The number of esters is 1. The first-order valence-corrected chi connectivity index (χ1v) is 6.70. The minimum absolute atomic E-state index is 0.147. The highest BCUT2D eigenvalue weighted by molar-refractivity contribution is 5.75. The van der Waals surface area contributed by atoms with Crippen LogP contribution in [-0.4, -0.2) is 38.4 Å². The van der Waals surface area contributed by atoms with Gasteiger partial charge in [-0.05, 0) is 32.2 Å². The van der Waals surface area contributed by atoms with Gasteiger partial charge < -0.3 is 14.8 Å². The van der Waals surface area contributed by atoms with Gasteiger partial charge in [0.1, 0.15) is 6.04 Å². The van der Waals surface area contributed by atoms with Crippen LogP contribution >= 0.6 is 0 Å². The summed E-state index contributed by atoms with van der Waals surface area (Å²) >= 11 is 0. The van der Waals surface area contributed by atoms with Gasteiger partial charge in [-0.1, -0.05) is 19.8 Å². The van der Waals surface area contributed by atoms with Crippen LogP contribution in [0.4, 0.5) is 0 Å². The third-order valence-corrected chi connectivity index (χ3v) is 3.21. The van der Waals surface area contributed by atoms with E-state index in [1.54, 1.807) is 0 Å². The van der Waals surface area contributed by atoms with Gasteiger partial charge in [-0.2, -0.15) is 0 Å².